The summed E-state index contributed by atoms with van der Waals surface area (Å²) in [7, 11) is 0. The van der Waals surface area contributed by atoms with Gasteiger partial charge in [0.15, 0.2) is 0 Å². The van der Waals surface area contributed by atoms with Crippen molar-refractivity contribution in [3.8, 4) is 0 Å². The van der Waals surface area contributed by atoms with Crippen LogP contribution in [0.25, 0.3) is 0 Å². The highest BCUT2D eigenvalue weighted by molar-refractivity contribution is 5.01. The Morgan fingerprint density at radius 1 is 1.40 bits per heavy atom. The van der Waals surface area contributed by atoms with Crippen molar-refractivity contribution in [1.29, 1.82) is 0 Å². The molecule has 0 spiro atoms. The van der Waals surface area contributed by atoms with E-state index < -0.39 is 0 Å². The van der Waals surface area contributed by atoms with Crippen LogP contribution in [0.15, 0.2) is 18.7 Å². The number of hydrogen-bond acceptors (Lipinski definition) is 4. The molecular weight excluding hydrogens is 190 g/mol. The Labute approximate surface area is 90.8 Å². The molecule has 0 aliphatic heterocycles. The lowest BCUT2D eigenvalue weighted by Gasteiger charge is -2.17. The topological polar surface area (TPSA) is 58.0 Å². The lowest BCUT2D eigenvalue weighted by atomic mass is 10.0. The molecule has 4 nitrogen and oxygen atoms in total. The van der Waals surface area contributed by atoms with E-state index in [1.165, 1.54) is 6.33 Å². The summed E-state index contributed by atoms with van der Waals surface area (Å²) in [5, 5.41) is 12.9. The molecule has 2 N–H and O–H groups in total. The van der Waals surface area contributed by atoms with Crippen molar-refractivity contribution in [1.82, 2.24) is 15.3 Å². The first-order valence-corrected chi connectivity index (χ1v) is 5.36. The molecule has 0 bridgehead atoms. The molecule has 0 aliphatic carbocycles. The van der Waals surface area contributed by atoms with Crippen LogP contribution in [0.5, 0.6) is 0 Å². The van der Waals surface area contributed by atoms with Gasteiger partial charge in [-0.1, -0.05) is 20.3 Å². The monoisotopic (exact) mass is 209 g/mol. The van der Waals surface area contributed by atoms with Crippen molar-refractivity contribution in [3.05, 3.63) is 24.3 Å². The summed E-state index contributed by atoms with van der Waals surface area (Å²) in [6.07, 6.45) is 5.78. The molecule has 0 radical (unpaired) electrons. The molecule has 0 saturated heterocycles. The lowest BCUT2D eigenvalue weighted by molar-refractivity contribution is 0.113. The van der Waals surface area contributed by atoms with Crippen LogP contribution in [0.2, 0.25) is 0 Å². The third-order valence-corrected chi connectivity index (χ3v) is 2.60. The van der Waals surface area contributed by atoms with Crippen molar-refractivity contribution in [2.75, 3.05) is 6.54 Å². The number of nitrogens with one attached hydrogen (secondary N) is 1. The van der Waals surface area contributed by atoms with Crippen LogP contribution in [-0.2, 0) is 6.54 Å². The van der Waals surface area contributed by atoms with Gasteiger partial charge in [-0.15, -0.1) is 0 Å². The molecule has 0 amide bonds. The molecule has 0 aromatic carbocycles. The van der Waals surface area contributed by atoms with E-state index in [-0.39, 0.29) is 6.10 Å². The van der Waals surface area contributed by atoms with Crippen LogP contribution in [-0.4, -0.2) is 27.7 Å². The largest absolute Gasteiger partial charge is 0.392 e. The van der Waals surface area contributed by atoms with Gasteiger partial charge in [-0.3, -0.25) is 0 Å². The summed E-state index contributed by atoms with van der Waals surface area (Å²) < 4.78 is 0. The predicted molar refractivity (Wildman–Crippen MR) is 59.2 cm³/mol. The molecule has 0 fully saturated rings. The van der Waals surface area contributed by atoms with Crippen LogP contribution in [0, 0.1) is 5.92 Å². The minimum absolute atomic E-state index is 0.278. The fourth-order valence-corrected chi connectivity index (χ4v) is 1.26. The standard InChI is InChI=1S/C11H19N3O/c1-3-9(2)11(15)7-12-4-10-5-13-8-14-6-10/h5-6,8-9,11-12,15H,3-4,7H2,1-2H3. The molecule has 4 heteroatoms. The summed E-state index contributed by atoms with van der Waals surface area (Å²) in [5.74, 6) is 0.338. The number of aromatic nitrogens is 2. The SMILES string of the molecule is CCC(C)C(O)CNCc1cncnc1. The average molecular weight is 209 g/mol. The highest BCUT2D eigenvalue weighted by Gasteiger charge is 2.10. The molecule has 1 aromatic rings. The quantitative estimate of drug-likeness (QED) is 0.733. The Balaban J connectivity index is 2.22. The van der Waals surface area contributed by atoms with Crippen molar-refractivity contribution >= 4 is 0 Å². The van der Waals surface area contributed by atoms with E-state index in [9.17, 15) is 5.11 Å². The van der Waals surface area contributed by atoms with Gasteiger partial charge in [0.25, 0.3) is 0 Å². The van der Waals surface area contributed by atoms with Gasteiger partial charge in [0.1, 0.15) is 6.33 Å². The fourth-order valence-electron chi connectivity index (χ4n) is 1.26. The highest BCUT2D eigenvalue weighted by Crippen LogP contribution is 2.06. The predicted octanol–water partition coefficient (Wildman–Crippen LogP) is 0.973. The first kappa shape index (κ1) is 12.1. The second kappa shape index (κ2) is 6.48. The maximum atomic E-state index is 9.70. The second-order valence-corrected chi connectivity index (χ2v) is 3.83. The molecule has 1 rings (SSSR count). The zero-order chi connectivity index (χ0) is 11.1. The van der Waals surface area contributed by atoms with E-state index in [1.54, 1.807) is 12.4 Å². The molecular formula is C11H19N3O. The van der Waals surface area contributed by atoms with Crippen LogP contribution in [0.1, 0.15) is 25.8 Å². The van der Waals surface area contributed by atoms with Gasteiger partial charge >= 0.3 is 0 Å². The zero-order valence-electron chi connectivity index (χ0n) is 9.35. The van der Waals surface area contributed by atoms with Gasteiger partial charge < -0.3 is 10.4 Å². The molecule has 2 unspecified atom stereocenters. The molecule has 0 aliphatic rings. The Morgan fingerprint density at radius 3 is 2.67 bits per heavy atom. The van der Waals surface area contributed by atoms with Gasteiger partial charge in [0.2, 0.25) is 0 Å². The van der Waals surface area contributed by atoms with Gasteiger partial charge in [-0.25, -0.2) is 9.97 Å². The van der Waals surface area contributed by atoms with Crippen LogP contribution in [0.4, 0.5) is 0 Å². The second-order valence-electron chi connectivity index (χ2n) is 3.83. The maximum absolute atomic E-state index is 9.70. The smallest absolute Gasteiger partial charge is 0.115 e. The summed E-state index contributed by atoms with van der Waals surface area (Å²) in [4.78, 5) is 7.84. The average Bonchev–Trinajstić information content (AvgIpc) is 2.29. The maximum Gasteiger partial charge on any atom is 0.115 e. The minimum Gasteiger partial charge on any atom is -0.392 e. The minimum atomic E-state index is -0.278. The summed E-state index contributed by atoms with van der Waals surface area (Å²) in [6.45, 7) is 5.45. The van der Waals surface area contributed by atoms with Gasteiger partial charge in [-0.05, 0) is 5.92 Å². The molecule has 84 valence electrons. The Kier molecular flexibility index (Phi) is 5.21. The van der Waals surface area contributed by atoms with Crippen LogP contribution >= 0.6 is 0 Å². The molecule has 1 heterocycles. The fraction of sp³-hybridized carbons (Fsp3) is 0.636. The van der Waals surface area contributed by atoms with Gasteiger partial charge in [0, 0.05) is 31.0 Å². The van der Waals surface area contributed by atoms with E-state index in [0.717, 1.165) is 12.0 Å². The van der Waals surface area contributed by atoms with Crippen molar-refractivity contribution in [2.45, 2.75) is 32.9 Å². The molecule has 1 aromatic heterocycles. The van der Waals surface area contributed by atoms with Crippen molar-refractivity contribution in [3.63, 3.8) is 0 Å². The number of nitrogens with zero attached hydrogens (tertiary/aromatic N) is 2. The van der Waals surface area contributed by atoms with Crippen LogP contribution < -0.4 is 5.32 Å². The first-order chi connectivity index (χ1) is 7.24. The molecule has 2 atom stereocenters. The Morgan fingerprint density at radius 2 is 2.07 bits per heavy atom. The zero-order valence-corrected chi connectivity index (χ0v) is 9.35. The van der Waals surface area contributed by atoms with Gasteiger partial charge in [-0.2, -0.15) is 0 Å². The third-order valence-electron chi connectivity index (χ3n) is 2.60. The van der Waals surface area contributed by atoms with E-state index >= 15 is 0 Å². The third kappa shape index (κ3) is 4.36. The highest BCUT2D eigenvalue weighted by atomic mass is 16.3. The number of hydrogen-bond donors (Lipinski definition) is 2. The van der Waals surface area contributed by atoms with E-state index in [2.05, 4.69) is 29.1 Å². The Hall–Kier alpha value is -1.00. The van der Waals surface area contributed by atoms with E-state index in [1.807, 2.05) is 0 Å². The number of rotatable bonds is 6. The van der Waals surface area contributed by atoms with E-state index in [4.69, 9.17) is 0 Å². The summed E-state index contributed by atoms with van der Waals surface area (Å²) in [6, 6.07) is 0. The van der Waals surface area contributed by atoms with E-state index in [0.29, 0.717) is 19.0 Å². The summed E-state index contributed by atoms with van der Waals surface area (Å²) in [5.41, 5.74) is 1.04. The first-order valence-electron chi connectivity index (χ1n) is 5.36. The van der Waals surface area contributed by atoms with Crippen molar-refractivity contribution < 1.29 is 5.11 Å². The normalized spacial score (nSPS) is 14.9. The Bertz CT molecular complexity index is 266. The summed E-state index contributed by atoms with van der Waals surface area (Å²) >= 11 is 0. The lowest BCUT2D eigenvalue weighted by Crippen LogP contribution is -2.31. The number of aliphatic hydroxyl groups is 1. The molecule has 15 heavy (non-hydrogen) atoms. The molecule has 0 saturated carbocycles. The van der Waals surface area contributed by atoms with Crippen molar-refractivity contribution in [2.24, 2.45) is 5.92 Å². The number of aliphatic hydroxyl groups excluding tert-OH is 1. The van der Waals surface area contributed by atoms with Gasteiger partial charge in [0.05, 0.1) is 6.10 Å². The van der Waals surface area contributed by atoms with Crippen LogP contribution in [0.3, 0.4) is 0 Å².